The van der Waals surface area contributed by atoms with Gasteiger partial charge in [0.05, 0.1) is 6.04 Å². The summed E-state index contributed by atoms with van der Waals surface area (Å²) in [4.78, 5) is 25.2. The average molecular weight is 255 g/mol. The van der Waals surface area contributed by atoms with E-state index in [2.05, 4.69) is 10.6 Å². The summed E-state index contributed by atoms with van der Waals surface area (Å²) in [6.45, 7) is 6.70. The number of likely N-dealkylation sites (N-methyl/N-ethyl adjacent to an activating group) is 1. The third kappa shape index (κ3) is 5.04. The highest BCUT2D eigenvalue weighted by molar-refractivity contribution is 5.81. The van der Waals surface area contributed by atoms with Crippen LogP contribution in [-0.4, -0.2) is 48.9 Å². The SMILES string of the molecule is CCNC(=O)C(C)NCCC(=O)N1CCCCC1. The van der Waals surface area contributed by atoms with E-state index in [0.29, 0.717) is 19.5 Å². The van der Waals surface area contributed by atoms with Gasteiger partial charge in [0.25, 0.3) is 0 Å². The highest BCUT2D eigenvalue weighted by Gasteiger charge is 2.17. The van der Waals surface area contributed by atoms with Gasteiger partial charge in [0, 0.05) is 32.6 Å². The van der Waals surface area contributed by atoms with E-state index in [1.807, 2.05) is 18.7 Å². The van der Waals surface area contributed by atoms with Gasteiger partial charge in [0.2, 0.25) is 11.8 Å². The lowest BCUT2D eigenvalue weighted by Gasteiger charge is -2.27. The van der Waals surface area contributed by atoms with Crippen LogP contribution in [0.2, 0.25) is 0 Å². The molecule has 5 nitrogen and oxygen atoms in total. The minimum Gasteiger partial charge on any atom is -0.355 e. The first-order chi connectivity index (χ1) is 8.65. The standard InChI is InChI=1S/C13H25N3O2/c1-3-14-13(18)11(2)15-8-7-12(17)16-9-5-4-6-10-16/h11,15H,3-10H2,1-2H3,(H,14,18). The lowest BCUT2D eigenvalue weighted by atomic mass is 10.1. The molecule has 1 saturated heterocycles. The van der Waals surface area contributed by atoms with Crippen molar-refractivity contribution in [1.29, 1.82) is 0 Å². The van der Waals surface area contributed by atoms with Crippen molar-refractivity contribution in [3.63, 3.8) is 0 Å². The first kappa shape index (κ1) is 15.0. The lowest BCUT2D eigenvalue weighted by molar-refractivity contribution is -0.132. The zero-order chi connectivity index (χ0) is 13.4. The molecule has 0 bridgehead atoms. The highest BCUT2D eigenvalue weighted by Crippen LogP contribution is 2.09. The summed E-state index contributed by atoms with van der Waals surface area (Å²) in [7, 11) is 0. The fourth-order valence-corrected chi connectivity index (χ4v) is 2.12. The zero-order valence-corrected chi connectivity index (χ0v) is 11.5. The molecule has 18 heavy (non-hydrogen) atoms. The predicted octanol–water partition coefficient (Wildman–Crippen LogP) is 0.503. The Labute approximate surface area is 109 Å². The van der Waals surface area contributed by atoms with Crippen molar-refractivity contribution in [2.24, 2.45) is 0 Å². The van der Waals surface area contributed by atoms with E-state index in [-0.39, 0.29) is 17.9 Å². The first-order valence-electron chi connectivity index (χ1n) is 6.94. The summed E-state index contributed by atoms with van der Waals surface area (Å²) in [6.07, 6.45) is 3.95. The normalized spacial score (nSPS) is 17.3. The molecule has 1 aliphatic rings. The quantitative estimate of drug-likeness (QED) is 0.726. The van der Waals surface area contributed by atoms with Crippen molar-refractivity contribution in [2.45, 2.75) is 45.6 Å². The van der Waals surface area contributed by atoms with Crippen LogP contribution in [0.25, 0.3) is 0 Å². The number of amides is 2. The molecule has 0 radical (unpaired) electrons. The van der Waals surface area contributed by atoms with Crippen LogP contribution in [0.5, 0.6) is 0 Å². The van der Waals surface area contributed by atoms with Crippen LogP contribution in [0.15, 0.2) is 0 Å². The van der Waals surface area contributed by atoms with Gasteiger partial charge in [0.1, 0.15) is 0 Å². The Morgan fingerprint density at radius 2 is 1.89 bits per heavy atom. The molecule has 0 aromatic heterocycles. The van der Waals surface area contributed by atoms with E-state index in [1.54, 1.807) is 0 Å². The third-order valence-corrected chi connectivity index (χ3v) is 3.24. The Balaban J connectivity index is 2.16. The Morgan fingerprint density at radius 3 is 2.50 bits per heavy atom. The molecule has 0 aliphatic carbocycles. The van der Waals surface area contributed by atoms with Crippen LogP contribution < -0.4 is 10.6 Å². The van der Waals surface area contributed by atoms with Gasteiger partial charge in [0.15, 0.2) is 0 Å². The van der Waals surface area contributed by atoms with Crippen LogP contribution in [0.1, 0.15) is 39.5 Å². The number of likely N-dealkylation sites (tertiary alicyclic amines) is 1. The molecular weight excluding hydrogens is 230 g/mol. The van der Waals surface area contributed by atoms with E-state index >= 15 is 0 Å². The summed E-state index contributed by atoms with van der Waals surface area (Å²) in [5.74, 6) is 0.188. The molecule has 1 aliphatic heterocycles. The second-order valence-electron chi connectivity index (χ2n) is 4.76. The largest absolute Gasteiger partial charge is 0.355 e. The van der Waals surface area contributed by atoms with E-state index in [0.717, 1.165) is 25.9 Å². The molecule has 104 valence electrons. The van der Waals surface area contributed by atoms with Gasteiger partial charge in [-0.25, -0.2) is 0 Å². The third-order valence-electron chi connectivity index (χ3n) is 3.24. The van der Waals surface area contributed by atoms with Crippen molar-refractivity contribution in [1.82, 2.24) is 15.5 Å². The molecule has 1 heterocycles. The maximum absolute atomic E-state index is 11.9. The predicted molar refractivity (Wildman–Crippen MR) is 71.2 cm³/mol. The summed E-state index contributed by atoms with van der Waals surface area (Å²) in [5.41, 5.74) is 0. The number of piperidine rings is 1. The fourth-order valence-electron chi connectivity index (χ4n) is 2.12. The molecule has 0 saturated carbocycles. The molecule has 1 fully saturated rings. The monoisotopic (exact) mass is 255 g/mol. The number of nitrogens with zero attached hydrogens (tertiary/aromatic N) is 1. The summed E-state index contributed by atoms with van der Waals surface area (Å²) in [5, 5.41) is 5.83. The minimum atomic E-state index is -0.237. The highest BCUT2D eigenvalue weighted by atomic mass is 16.2. The van der Waals surface area contributed by atoms with E-state index < -0.39 is 0 Å². The van der Waals surface area contributed by atoms with Crippen LogP contribution in [0.4, 0.5) is 0 Å². The lowest BCUT2D eigenvalue weighted by Crippen LogP contribution is -2.44. The number of carbonyl (C=O) groups is 2. The van der Waals surface area contributed by atoms with Crippen molar-refractivity contribution < 1.29 is 9.59 Å². The van der Waals surface area contributed by atoms with Gasteiger partial charge >= 0.3 is 0 Å². The van der Waals surface area contributed by atoms with Gasteiger partial charge in [-0.1, -0.05) is 0 Å². The van der Waals surface area contributed by atoms with Gasteiger partial charge in [-0.05, 0) is 33.1 Å². The molecule has 0 aromatic rings. The first-order valence-corrected chi connectivity index (χ1v) is 6.94. The maximum atomic E-state index is 11.9. The Hall–Kier alpha value is -1.10. The Kier molecular flexibility index (Phi) is 6.72. The maximum Gasteiger partial charge on any atom is 0.236 e. The Bertz CT molecular complexity index is 275. The van der Waals surface area contributed by atoms with Crippen LogP contribution >= 0.6 is 0 Å². The zero-order valence-electron chi connectivity index (χ0n) is 11.5. The number of hydrogen-bond acceptors (Lipinski definition) is 3. The summed E-state index contributed by atoms with van der Waals surface area (Å²) >= 11 is 0. The Morgan fingerprint density at radius 1 is 1.22 bits per heavy atom. The van der Waals surface area contributed by atoms with Gasteiger partial charge in [-0.2, -0.15) is 0 Å². The summed E-state index contributed by atoms with van der Waals surface area (Å²) < 4.78 is 0. The van der Waals surface area contributed by atoms with Crippen molar-refractivity contribution in [3.8, 4) is 0 Å². The molecule has 1 rings (SSSR count). The van der Waals surface area contributed by atoms with Crippen LogP contribution in [0.3, 0.4) is 0 Å². The van der Waals surface area contributed by atoms with E-state index in [4.69, 9.17) is 0 Å². The average Bonchev–Trinajstić information content (AvgIpc) is 2.39. The van der Waals surface area contributed by atoms with E-state index in [9.17, 15) is 9.59 Å². The van der Waals surface area contributed by atoms with Gasteiger partial charge < -0.3 is 15.5 Å². The van der Waals surface area contributed by atoms with Crippen LogP contribution in [-0.2, 0) is 9.59 Å². The number of hydrogen-bond donors (Lipinski definition) is 2. The second-order valence-corrected chi connectivity index (χ2v) is 4.76. The van der Waals surface area contributed by atoms with E-state index in [1.165, 1.54) is 6.42 Å². The second kappa shape index (κ2) is 8.08. The molecule has 2 N–H and O–H groups in total. The molecule has 1 atom stereocenters. The molecule has 5 heteroatoms. The molecular formula is C13H25N3O2. The van der Waals surface area contributed by atoms with Gasteiger partial charge in [-0.3, -0.25) is 9.59 Å². The van der Waals surface area contributed by atoms with Crippen molar-refractivity contribution >= 4 is 11.8 Å². The molecule has 1 unspecified atom stereocenters. The topological polar surface area (TPSA) is 61.4 Å². The minimum absolute atomic E-state index is 0.0112. The van der Waals surface area contributed by atoms with Crippen molar-refractivity contribution in [3.05, 3.63) is 0 Å². The number of rotatable bonds is 6. The number of nitrogens with one attached hydrogen (secondary N) is 2. The smallest absolute Gasteiger partial charge is 0.236 e. The fraction of sp³-hybridized carbons (Fsp3) is 0.846. The number of carbonyl (C=O) groups excluding carboxylic acids is 2. The molecule has 0 spiro atoms. The van der Waals surface area contributed by atoms with Gasteiger partial charge in [-0.15, -0.1) is 0 Å². The van der Waals surface area contributed by atoms with Crippen LogP contribution in [0, 0.1) is 0 Å². The molecule has 0 aromatic carbocycles. The molecule has 2 amide bonds. The van der Waals surface area contributed by atoms with Crippen molar-refractivity contribution in [2.75, 3.05) is 26.2 Å². The summed E-state index contributed by atoms with van der Waals surface area (Å²) in [6, 6.07) is -0.237.